The Balaban J connectivity index is 1.25. The molecule has 38 heavy (non-hydrogen) atoms. The minimum absolute atomic E-state index is 0.148. The molecule has 1 fully saturated rings. The van der Waals surface area contributed by atoms with Crippen LogP contribution in [-0.4, -0.2) is 34.8 Å². The number of hydrogen-bond donors (Lipinski definition) is 1. The fourth-order valence-electron chi connectivity index (χ4n) is 6.64. The average Bonchev–Trinajstić information content (AvgIpc) is 3.43. The van der Waals surface area contributed by atoms with Gasteiger partial charge in [-0.3, -0.25) is 4.90 Å². The highest BCUT2D eigenvalue weighted by molar-refractivity contribution is 5.78. The zero-order chi connectivity index (χ0) is 25.9. The summed E-state index contributed by atoms with van der Waals surface area (Å²) in [5.74, 6) is 1.87. The molecule has 1 saturated heterocycles. The summed E-state index contributed by atoms with van der Waals surface area (Å²) in [7, 11) is 0. The molecule has 4 atom stereocenters. The molecule has 2 aliphatic heterocycles. The van der Waals surface area contributed by atoms with Gasteiger partial charge in [-0.1, -0.05) is 66.7 Å². The SMILES string of the molecule is CC(CCCc1ccccc1)Oc1ccc2c(c1)C1=C(OCc3ccccc3)CC(O)CC1N1CCCC21. The Bertz CT molecular complexity index is 1260. The second-order valence-electron chi connectivity index (χ2n) is 11.2. The van der Waals surface area contributed by atoms with E-state index >= 15 is 0 Å². The number of fused-ring (bicyclic) bond motifs is 6. The molecule has 0 spiro atoms. The average molecular weight is 510 g/mol. The van der Waals surface area contributed by atoms with Gasteiger partial charge in [0.15, 0.2) is 0 Å². The smallest absolute Gasteiger partial charge is 0.120 e. The fourth-order valence-corrected chi connectivity index (χ4v) is 6.64. The molecule has 3 aromatic carbocycles. The molecular formula is C34H39NO3. The van der Waals surface area contributed by atoms with Gasteiger partial charge in [0.25, 0.3) is 0 Å². The van der Waals surface area contributed by atoms with Gasteiger partial charge < -0.3 is 14.6 Å². The van der Waals surface area contributed by atoms with Crippen molar-refractivity contribution in [1.82, 2.24) is 4.90 Å². The summed E-state index contributed by atoms with van der Waals surface area (Å²) in [6, 6.07) is 28.3. The maximum Gasteiger partial charge on any atom is 0.120 e. The van der Waals surface area contributed by atoms with Crippen molar-refractivity contribution < 1.29 is 14.6 Å². The largest absolute Gasteiger partial charge is 0.493 e. The van der Waals surface area contributed by atoms with Gasteiger partial charge in [0, 0.05) is 24.1 Å². The molecule has 0 bridgehead atoms. The lowest BCUT2D eigenvalue weighted by molar-refractivity contribution is 0.0731. The van der Waals surface area contributed by atoms with Gasteiger partial charge in [-0.05, 0) is 86.4 Å². The van der Waals surface area contributed by atoms with E-state index < -0.39 is 0 Å². The fraction of sp³-hybridized carbons (Fsp3) is 0.412. The third-order valence-corrected chi connectivity index (χ3v) is 8.43. The first-order valence-corrected chi connectivity index (χ1v) is 14.3. The van der Waals surface area contributed by atoms with Crippen molar-refractivity contribution in [3.63, 3.8) is 0 Å². The van der Waals surface area contributed by atoms with Crippen LogP contribution in [0, 0.1) is 0 Å². The Labute approximate surface area is 226 Å². The van der Waals surface area contributed by atoms with Gasteiger partial charge in [0.1, 0.15) is 18.1 Å². The summed E-state index contributed by atoms with van der Waals surface area (Å²) in [5.41, 5.74) is 6.45. The molecule has 1 aliphatic carbocycles. The van der Waals surface area contributed by atoms with Crippen molar-refractivity contribution >= 4 is 5.57 Å². The maximum atomic E-state index is 10.9. The van der Waals surface area contributed by atoms with Crippen LogP contribution in [0.4, 0.5) is 0 Å². The molecular weight excluding hydrogens is 470 g/mol. The van der Waals surface area contributed by atoms with E-state index in [1.807, 2.05) is 18.2 Å². The number of aliphatic hydroxyl groups excluding tert-OH is 1. The molecule has 0 radical (unpaired) electrons. The van der Waals surface area contributed by atoms with Crippen LogP contribution in [0.25, 0.3) is 5.57 Å². The highest BCUT2D eigenvalue weighted by Crippen LogP contribution is 2.50. The Kier molecular flexibility index (Phi) is 7.53. The Morgan fingerprint density at radius 3 is 2.50 bits per heavy atom. The summed E-state index contributed by atoms with van der Waals surface area (Å²) in [6.45, 7) is 3.77. The first-order valence-electron chi connectivity index (χ1n) is 14.3. The molecule has 2 heterocycles. The zero-order valence-electron chi connectivity index (χ0n) is 22.4. The lowest BCUT2D eigenvalue weighted by atomic mass is 9.78. The molecule has 1 N–H and O–H groups in total. The van der Waals surface area contributed by atoms with Crippen molar-refractivity contribution in [2.75, 3.05) is 6.54 Å². The molecule has 4 heteroatoms. The molecule has 3 aliphatic rings. The molecule has 4 unspecified atom stereocenters. The molecule has 0 aromatic heterocycles. The Hall–Kier alpha value is -3.08. The number of ether oxygens (including phenoxy) is 2. The van der Waals surface area contributed by atoms with Gasteiger partial charge in [-0.2, -0.15) is 0 Å². The van der Waals surface area contributed by atoms with Crippen LogP contribution in [0.1, 0.15) is 73.7 Å². The van der Waals surface area contributed by atoms with Gasteiger partial charge in [0.2, 0.25) is 0 Å². The number of nitrogens with zero attached hydrogens (tertiary/aromatic N) is 1. The number of hydrogen-bond acceptors (Lipinski definition) is 4. The van der Waals surface area contributed by atoms with Gasteiger partial charge in [-0.25, -0.2) is 0 Å². The highest BCUT2D eigenvalue weighted by atomic mass is 16.5. The number of rotatable bonds is 9. The topological polar surface area (TPSA) is 41.9 Å². The Morgan fingerprint density at radius 1 is 0.947 bits per heavy atom. The van der Waals surface area contributed by atoms with Crippen molar-refractivity contribution in [1.29, 1.82) is 0 Å². The van der Waals surface area contributed by atoms with Crippen molar-refractivity contribution in [2.45, 2.75) is 82.8 Å². The molecule has 4 nitrogen and oxygen atoms in total. The van der Waals surface area contributed by atoms with Crippen LogP contribution < -0.4 is 4.74 Å². The predicted molar refractivity (Wildman–Crippen MR) is 152 cm³/mol. The van der Waals surface area contributed by atoms with E-state index in [1.54, 1.807) is 0 Å². The van der Waals surface area contributed by atoms with E-state index in [1.165, 1.54) is 35.1 Å². The monoisotopic (exact) mass is 509 g/mol. The van der Waals surface area contributed by atoms with Gasteiger partial charge >= 0.3 is 0 Å². The van der Waals surface area contributed by atoms with E-state index in [0.717, 1.165) is 49.3 Å². The van der Waals surface area contributed by atoms with E-state index in [9.17, 15) is 5.11 Å². The second kappa shape index (κ2) is 11.3. The van der Waals surface area contributed by atoms with Gasteiger partial charge in [-0.15, -0.1) is 0 Å². The van der Waals surface area contributed by atoms with Gasteiger partial charge in [0.05, 0.1) is 12.2 Å². The Morgan fingerprint density at radius 2 is 1.71 bits per heavy atom. The first-order chi connectivity index (χ1) is 18.7. The maximum absolute atomic E-state index is 10.9. The summed E-state index contributed by atoms with van der Waals surface area (Å²) in [4.78, 5) is 2.61. The number of benzene rings is 3. The summed E-state index contributed by atoms with van der Waals surface area (Å²) < 4.78 is 13.0. The highest BCUT2D eigenvalue weighted by Gasteiger charge is 2.44. The molecule has 6 rings (SSSR count). The zero-order valence-corrected chi connectivity index (χ0v) is 22.4. The minimum Gasteiger partial charge on any atom is -0.493 e. The molecule has 0 amide bonds. The number of aliphatic hydroxyl groups is 1. The minimum atomic E-state index is -0.374. The van der Waals surface area contributed by atoms with Crippen LogP contribution >= 0.6 is 0 Å². The van der Waals surface area contributed by atoms with E-state index in [-0.39, 0.29) is 18.2 Å². The predicted octanol–water partition coefficient (Wildman–Crippen LogP) is 7.08. The van der Waals surface area contributed by atoms with Crippen molar-refractivity contribution in [3.8, 4) is 5.75 Å². The van der Waals surface area contributed by atoms with E-state index in [4.69, 9.17) is 9.47 Å². The third kappa shape index (κ3) is 5.39. The van der Waals surface area contributed by atoms with E-state index in [0.29, 0.717) is 19.1 Å². The second-order valence-corrected chi connectivity index (χ2v) is 11.2. The quantitative estimate of drug-likeness (QED) is 0.335. The standard InChI is InChI=1S/C34H39NO3/c1-24(10-8-15-25-11-4-2-5-12-25)38-28-17-18-29-30(22-28)34-32(35-19-9-16-31(29)35)20-27(36)21-33(34)37-23-26-13-6-3-7-14-26/h2-7,11-14,17-18,22,24,27,31-32,36H,8-10,15-16,19-21,23H2,1H3. The van der Waals surface area contributed by atoms with Crippen LogP contribution in [0.2, 0.25) is 0 Å². The van der Waals surface area contributed by atoms with Crippen LogP contribution in [0.3, 0.4) is 0 Å². The number of aryl methyl sites for hydroxylation is 1. The lowest BCUT2D eigenvalue weighted by Gasteiger charge is -2.45. The van der Waals surface area contributed by atoms with Crippen LogP contribution in [0.5, 0.6) is 5.75 Å². The lowest BCUT2D eigenvalue weighted by Crippen LogP contribution is -2.44. The molecule has 198 valence electrons. The summed E-state index contributed by atoms with van der Waals surface area (Å²) in [6.07, 6.45) is 6.68. The molecule has 3 aromatic rings. The van der Waals surface area contributed by atoms with Crippen molar-refractivity contribution in [2.24, 2.45) is 0 Å². The van der Waals surface area contributed by atoms with Crippen molar-refractivity contribution in [3.05, 3.63) is 107 Å². The third-order valence-electron chi connectivity index (χ3n) is 8.43. The van der Waals surface area contributed by atoms with Crippen LogP contribution in [-0.2, 0) is 17.8 Å². The normalized spacial score (nSPS) is 23.4. The molecule has 0 saturated carbocycles. The first kappa shape index (κ1) is 25.2. The summed E-state index contributed by atoms with van der Waals surface area (Å²) in [5, 5.41) is 10.9. The van der Waals surface area contributed by atoms with E-state index in [2.05, 4.69) is 72.5 Å². The van der Waals surface area contributed by atoms with Crippen LogP contribution in [0.15, 0.2) is 84.6 Å². The summed E-state index contributed by atoms with van der Waals surface area (Å²) >= 11 is 0.